The van der Waals surface area contributed by atoms with Crippen molar-refractivity contribution in [3.8, 4) is 22.4 Å². The van der Waals surface area contributed by atoms with Gasteiger partial charge in [0.15, 0.2) is 6.20 Å². The number of halogens is 1. The Balaban J connectivity index is 1.69. The van der Waals surface area contributed by atoms with Crippen molar-refractivity contribution >= 4 is 10.8 Å². The lowest BCUT2D eigenvalue weighted by Crippen LogP contribution is -2.33. The fourth-order valence-corrected chi connectivity index (χ4v) is 5.48. The first-order chi connectivity index (χ1) is 15.6. The number of pyridine rings is 1. The Morgan fingerprint density at radius 2 is 1.42 bits per heavy atom. The Labute approximate surface area is 196 Å². The molecule has 0 amide bonds. The zero-order chi connectivity index (χ0) is 23.5. The van der Waals surface area contributed by atoms with Crippen LogP contribution in [0.5, 0.6) is 0 Å². The van der Waals surface area contributed by atoms with Crippen molar-refractivity contribution in [3.63, 3.8) is 0 Å². The maximum Gasteiger partial charge on any atom is 0.213 e. The fourth-order valence-electron chi connectivity index (χ4n) is 5.48. The maximum absolute atomic E-state index is 15.4. The predicted molar refractivity (Wildman–Crippen MR) is 136 cm³/mol. The van der Waals surface area contributed by atoms with Crippen LogP contribution in [0.3, 0.4) is 0 Å². The molecule has 0 spiro atoms. The summed E-state index contributed by atoms with van der Waals surface area (Å²) in [6.45, 7) is 11.3. The van der Waals surface area contributed by atoms with Gasteiger partial charge in [-0.3, -0.25) is 0 Å². The lowest BCUT2D eigenvalue weighted by Gasteiger charge is -2.42. The second-order valence-electron chi connectivity index (χ2n) is 11.1. The van der Waals surface area contributed by atoms with Gasteiger partial charge in [-0.1, -0.05) is 64.1 Å². The van der Waals surface area contributed by atoms with Gasteiger partial charge in [-0.05, 0) is 76.4 Å². The average molecular weight is 439 g/mol. The molecule has 0 fully saturated rings. The van der Waals surface area contributed by atoms with Crippen LogP contribution in [0.4, 0.5) is 4.39 Å². The van der Waals surface area contributed by atoms with Gasteiger partial charge in [0.2, 0.25) is 5.69 Å². The van der Waals surface area contributed by atoms with Gasteiger partial charge < -0.3 is 0 Å². The first-order valence-electron chi connectivity index (χ1n) is 11.9. The second-order valence-corrected chi connectivity index (χ2v) is 11.1. The number of nitrogens with zero attached hydrogens (tertiary/aromatic N) is 1. The molecule has 0 saturated carbocycles. The summed E-state index contributed by atoms with van der Waals surface area (Å²) in [6, 6.07) is 20.9. The third-order valence-electron chi connectivity index (χ3n) is 7.75. The summed E-state index contributed by atoms with van der Waals surface area (Å²) in [4.78, 5) is 0. The summed E-state index contributed by atoms with van der Waals surface area (Å²) in [7, 11) is 2.06. The number of fused-ring (bicyclic) bond motifs is 2. The van der Waals surface area contributed by atoms with Crippen molar-refractivity contribution in [2.75, 3.05) is 0 Å². The van der Waals surface area contributed by atoms with Gasteiger partial charge in [-0.25, -0.2) is 8.96 Å². The Kier molecular flexibility index (Phi) is 4.97. The zero-order valence-corrected chi connectivity index (χ0v) is 20.6. The van der Waals surface area contributed by atoms with Crippen molar-refractivity contribution in [2.24, 2.45) is 7.05 Å². The summed E-state index contributed by atoms with van der Waals surface area (Å²) in [6.07, 6.45) is 4.47. The molecular formula is C31H33FN+. The van der Waals surface area contributed by atoms with Crippen molar-refractivity contribution in [2.45, 2.75) is 58.3 Å². The quantitative estimate of drug-likeness (QED) is 0.281. The summed E-state index contributed by atoms with van der Waals surface area (Å²) in [5, 5.41) is 2.39. The summed E-state index contributed by atoms with van der Waals surface area (Å²) >= 11 is 0. The van der Waals surface area contributed by atoms with Crippen LogP contribution in [-0.2, 0) is 17.9 Å². The first-order valence-corrected chi connectivity index (χ1v) is 11.9. The van der Waals surface area contributed by atoms with Crippen molar-refractivity contribution < 1.29 is 8.96 Å². The van der Waals surface area contributed by atoms with E-state index in [1.54, 1.807) is 6.07 Å². The highest BCUT2D eigenvalue weighted by Gasteiger charge is 2.37. The number of hydrogen-bond donors (Lipinski definition) is 0. The highest BCUT2D eigenvalue weighted by molar-refractivity contribution is 5.85. The molecule has 33 heavy (non-hydrogen) atoms. The number of hydrogen-bond acceptors (Lipinski definition) is 0. The van der Waals surface area contributed by atoms with Gasteiger partial charge in [0.1, 0.15) is 12.9 Å². The lowest BCUT2D eigenvalue weighted by molar-refractivity contribution is -0.659. The SMILES string of the molecule is Cc1cc(F)c(-c2ccc3c(c2)C(C)(C)CCC3(C)C)cc1-c1cc2ccccc2c[n+]1C. The van der Waals surface area contributed by atoms with Gasteiger partial charge in [0.05, 0.1) is 0 Å². The molecule has 1 aliphatic carbocycles. The average Bonchev–Trinajstić information content (AvgIpc) is 2.77. The van der Waals surface area contributed by atoms with Gasteiger partial charge >= 0.3 is 0 Å². The molecule has 0 unspecified atom stereocenters. The predicted octanol–water partition coefficient (Wildman–Crippen LogP) is 7.79. The monoisotopic (exact) mass is 438 g/mol. The summed E-state index contributed by atoms with van der Waals surface area (Å²) in [5.41, 5.74) is 7.73. The molecule has 2 heteroatoms. The van der Waals surface area contributed by atoms with E-state index in [0.717, 1.165) is 28.8 Å². The standard InChI is InChI=1S/C31H33FN/c1-20-15-28(32)25(18-24(20)29-17-21-9-7-8-10-23(21)19-33(29)6)22-11-12-26-27(16-22)31(4,5)14-13-30(26,2)3/h7-12,15-19H,13-14H2,1-6H3/q+1. The Hall–Kier alpha value is -3.00. The van der Waals surface area contributed by atoms with Gasteiger partial charge in [0, 0.05) is 22.6 Å². The Morgan fingerprint density at radius 1 is 0.758 bits per heavy atom. The van der Waals surface area contributed by atoms with Crippen LogP contribution in [-0.4, -0.2) is 0 Å². The molecule has 1 nitrogen and oxygen atoms in total. The van der Waals surface area contributed by atoms with Crippen LogP contribution in [0.1, 0.15) is 57.2 Å². The zero-order valence-electron chi connectivity index (χ0n) is 20.6. The number of rotatable bonds is 2. The van der Waals surface area contributed by atoms with Crippen molar-refractivity contribution in [1.82, 2.24) is 0 Å². The van der Waals surface area contributed by atoms with Crippen molar-refractivity contribution in [3.05, 3.63) is 89.4 Å². The van der Waals surface area contributed by atoms with E-state index in [9.17, 15) is 0 Å². The van der Waals surface area contributed by atoms with Crippen LogP contribution in [0, 0.1) is 12.7 Å². The Morgan fingerprint density at radius 3 is 2.15 bits per heavy atom. The normalized spacial score (nSPS) is 16.6. The van der Waals surface area contributed by atoms with E-state index >= 15 is 4.39 Å². The van der Waals surface area contributed by atoms with E-state index in [-0.39, 0.29) is 16.6 Å². The van der Waals surface area contributed by atoms with Crippen LogP contribution >= 0.6 is 0 Å². The molecule has 5 rings (SSSR count). The van der Waals surface area contributed by atoms with Crippen molar-refractivity contribution in [1.29, 1.82) is 0 Å². The van der Waals surface area contributed by atoms with E-state index in [1.165, 1.54) is 28.3 Å². The van der Waals surface area contributed by atoms with Gasteiger partial charge in [-0.2, -0.15) is 0 Å². The molecule has 0 bridgehead atoms. The highest BCUT2D eigenvalue weighted by Crippen LogP contribution is 2.47. The number of aryl methyl sites for hydroxylation is 2. The molecule has 1 aromatic heterocycles. The molecule has 0 radical (unpaired) electrons. The fraction of sp³-hybridized carbons (Fsp3) is 0.323. The highest BCUT2D eigenvalue weighted by atomic mass is 19.1. The van der Waals surface area contributed by atoms with Gasteiger partial charge in [-0.15, -0.1) is 0 Å². The second kappa shape index (κ2) is 7.52. The topological polar surface area (TPSA) is 3.88 Å². The minimum absolute atomic E-state index is 0.0929. The van der Waals surface area contributed by atoms with Crippen LogP contribution in [0.15, 0.2) is 66.9 Å². The summed E-state index contributed by atoms with van der Waals surface area (Å²) < 4.78 is 17.5. The van der Waals surface area contributed by atoms with Gasteiger partial charge in [0.25, 0.3) is 0 Å². The number of benzene rings is 3. The van der Waals surface area contributed by atoms with Crippen LogP contribution in [0.2, 0.25) is 0 Å². The number of aromatic nitrogens is 1. The Bertz CT molecular complexity index is 1390. The molecule has 168 valence electrons. The molecule has 0 aliphatic heterocycles. The molecule has 4 aromatic rings. The van der Waals surface area contributed by atoms with E-state index in [2.05, 4.69) is 94.0 Å². The lowest BCUT2D eigenvalue weighted by atomic mass is 9.63. The largest absolute Gasteiger partial charge is 0.213 e. The molecule has 0 atom stereocenters. The first kappa shape index (κ1) is 21.8. The van der Waals surface area contributed by atoms with E-state index in [4.69, 9.17) is 0 Å². The molecule has 0 N–H and O–H groups in total. The molecule has 3 aromatic carbocycles. The van der Waals surface area contributed by atoms with E-state index in [0.29, 0.717) is 5.56 Å². The molecule has 1 aliphatic rings. The van der Waals surface area contributed by atoms with Crippen LogP contribution < -0.4 is 4.57 Å². The molecular weight excluding hydrogens is 405 g/mol. The minimum atomic E-state index is -0.160. The maximum atomic E-state index is 15.4. The summed E-state index contributed by atoms with van der Waals surface area (Å²) in [5.74, 6) is -0.160. The van der Waals surface area contributed by atoms with Crippen LogP contribution in [0.25, 0.3) is 33.2 Å². The minimum Gasteiger partial charge on any atom is -0.206 e. The van der Waals surface area contributed by atoms with E-state index < -0.39 is 0 Å². The van der Waals surface area contributed by atoms with E-state index in [1.807, 2.05) is 13.0 Å². The third-order valence-corrected chi connectivity index (χ3v) is 7.75. The molecule has 0 saturated heterocycles. The smallest absolute Gasteiger partial charge is 0.206 e. The molecule has 1 heterocycles. The third kappa shape index (κ3) is 3.66.